The van der Waals surface area contributed by atoms with Gasteiger partial charge in [-0.2, -0.15) is 0 Å². The smallest absolute Gasteiger partial charge is 0.122 e. The largest absolute Gasteiger partial charge is 0.511 e. The molecule has 0 aromatic carbocycles. The second kappa shape index (κ2) is 20.5. The number of nitrogens with zero attached hydrogens (tertiary/aromatic N) is 4. The van der Waals surface area contributed by atoms with Crippen molar-refractivity contribution in [3.63, 3.8) is 0 Å². The van der Waals surface area contributed by atoms with Crippen molar-refractivity contribution < 1.29 is 14.2 Å². The highest BCUT2D eigenvalue weighted by atomic mass is 35.5. The molecule has 1 fully saturated rings. The second-order valence-electron chi connectivity index (χ2n) is 12.7. The molecule has 6 atom stereocenters. The number of aliphatic hydroxyl groups is 1. The number of aliphatic imine (C=N–C) groups is 2. The quantitative estimate of drug-likeness (QED) is 0.0529. The summed E-state index contributed by atoms with van der Waals surface area (Å²) in [6, 6.07) is 0.0377. The zero-order valence-electron chi connectivity index (χ0n) is 29.2. The van der Waals surface area contributed by atoms with E-state index in [2.05, 4.69) is 74.7 Å². The van der Waals surface area contributed by atoms with Gasteiger partial charge in [-0.3, -0.25) is 14.9 Å². The third-order valence-corrected chi connectivity index (χ3v) is 9.70. The van der Waals surface area contributed by atoms with Crippen LogP contribution < -0.4 is 5.32 Å². The molecule has 1 aliphatic heterocycles. The fourth-order valence-electron chi connectivity index (χ4n) is 6.60. The topological polar surface area (TPSA) is 72.7 Å². The van der Waals surface area contributed by atoms with Crippen LogP contribution in [-0.4, -0.2) is 85.5 Å². The van der Waals surface area contributed by atoms with Crippen LogP contribution in [0.25, 0.3) is 0 Å². The number of halogens is 2. The number of hydrogen-bond acceptors (Lipinski definition) is 7. The van der Waals surface area contributed by atoms with Gasteiger partial charge in [0.1, 0.15) is 30.2 Å². The first-order valence-corrected chi connectivity index (χ1v) is 17.2. The number of ether oxygens (including phenoxy) is 1. The lowest BCUT2D eigenvalue weighted by atomic mass is 9.72. The summed E-state index contributed by atoms with van der Waals surface area (Å²) in [5.74, 6) is 2.67. The number of hydrogen-bond donors (Lipinski definition) is 2. The maximum Gasteiger partial charge on any atom is 0.122 e. The minimum atomic E-state index is -0.596. The van der Waals surface area contributed by atoms with E-state index in [9.17, 15) is 9.50 Å². The van der Waals surface area contributed by atoms with E-state index in [-0.39, 0.29) is 41.2 Å². The molecule has 9 heteroatoms. The number of rotatable bonds is 22. The summed E-state index contributed by atoms with van der Waals surface area (Å²) in [5.41, 5.74) is 1.31. The fraction of sp³-hybridized carbons (Fsp3) is 0.622. The summed E-state index contributed by atoms with van der Waals surface area (Å²) in [6.45, 7) is 18.8. The van der Waals surface area contributed by atoms with Gasteiger partial charge in [0.15, 0.2) is 0 Å². The summed E-state index contributed by atoms with van der Waals surface area (Å²) >= 11 is 5.77. The van der Waals surface area contributed by atoms with Gasteiger partial charge in [-0.25, -0.2) is 4.39 Å². The number of nitrogens with one attached hydrogen (secondary N) is 1. The fourth-order valence-corrected chi connectivity index (χ4v) is 6.73. The maximum absolute atomic E-state index is 13.6. The lowest BCUT2D eigenvalue weighted by Gasteiger charge is -2.38. The van der Waals surface area contributed by atoms with Gasteiger partial charge in [0.25, 0.3) is 0 Å². The lowest BCUT2D eigenvalue weighted by Crippen LogP contribution is -2.53. The third kappa shape index (κ3) is 12.2. The van der Waals surface area contributed by atoms with E-state index in [1.54, 1.807) is 6.08 Å². The van der Waals surface area contributed by atoms with Crippen molar-refractivity contribution in [2.75, 3.05) is 40.8 Å². The number of likely N-dealkylation sites (N-methyl/N-ethyl adjacent to an activating group) is 2. The minimum Gasteiger partial charge on any atom is -0.511 e. The molecule has 2 rings (SSSR count). The van der Waals surface area contributed by atoms with Crippen molar-refractivity contribution in [3.05, 3.63) is 72.5 Å². The van der Waals surface area contributed by atoms with Gasteiger partial charge in [-0.05, 0) is 75.8 Å². The molecule has 1 heterocycles. The van der Waals surface area contributed by atoms with Crippen LogP contribution in [-0.2, 0) is 4.74 Å². The number of amidine groups is 1. The zero-order valence-corrected chi connectivity index (χ0v) is 29.9. The Kier molecular flexibility index (Phi) is 17.6. The van der Waals surface area contributed by atoms with Gasteiger partial charge in [-0.15, -0.1) is 0 Å². The van der Waals surface area contributed by atoms with E-state index in [0.717, 1.165) is 55.6 Å². The molecule has 0 amide bonds. The molecule has 46 heavy (non-hydrogen) atoms. The van der Waals surface area contributed by atoms with Crippen LogP contribution in [0.5, 0.6) is 0 Å². The van der Waals surface area contributed by atoms with Crippen molar-refractivity contribution in [1.82, 2.24) is 15.1 Å². The molecule has 2 N–H and O–H groups in total. The molecule has 6 unspecified atom stereocenters. The Balaban J connectivity index is 1.99. The van der Waals surface area contributed by atoms with Crippen molar-refractivity contribution in [2.45, 2.75) is 90.4 Å². The molecule has 0 aromatic heterocycles. The molecular weight excluding hydrogens is 601 g/mol. The SMILES string of the molecule is C=C(Cl)/C=C(/CO/C=C/C=C\C(=N/C)C(CCCC1CCC1C)CCNCC1=NC(CC)C(N(C)C(CC)C(=C)O)N1C)C(=C)F. The van der Waals surface area contributed by atoms with Crippen LogP contribution in [0.2, 0.25) is 0 Å². The molecule has 2 aliphatic rings. The van der Waals surface area contributed by atoms with E-state index in [1.807, 2.05) is 19.2 Å². The summed E-state index contributed by atoms with van der Waals surface area (Å²) in [7, 11) is 6.00. The van der Waals surface area contributed by atoms with E-state index in [4.69, 9.17) is 21.3 Å². The highest BCUT2D eigenvalue weighted by Gasteiger charge is 2.38. The molecule has 0 radical (unpaired) electrons. The molecule has 0 aromatic rings. The standard InChI is InChI=1S/C37H59ClFN5O2/c1-10-33-37(43(8)35(11-2)29(6)45)44(9)36(42-33)24-41-21-20-31(16-14-15-30-19-18-26(30)3)34(40-7)17-12-13-22-46-25-32(28(5)39)23-27(4)38/h12-13,17,22-23,26,30-31,33,35,37,41,45H,4-6,10-11,14-16,18-21,24-25H2,1-3,7-9H3/b17-12-,22-13+,32-23-,40-34+. The highest BCUT2D eigenvalue weighted by Crippen LogP contribution is 2.37. The molecular formula is C37H59ClFN5O2. The van der Waals surface area contributed by atoms with Crippen LogP contribution in [0, 0.1) is 17.8 Å². The summed E-state index contributed by atoms with van der Waals surface area (Å²) in [4.78, 5) is 14.2. The van der Waals surface area contributed by atoms with Gasteiger partial charge >= 0.3 is 0 Å². The van der Waals surface area contributed by atoms with Gasteiger partial charge in [0, 0.05) is 36.3 Å². The van der Waals surface area contributed by atoms with Crippen LogP contribution >= 0.6 is 11.6 Å². The second-order valence-corrected chi connectivity index (χ2v) is 13.2. The third-order valence-electron chi connectivity index (χ3n) is 9.59. The average molecular weight is 660 g/mol. The molecule has 0 spiro atoms. The molecule has 1 saturated carbocycles. The zero-order chi connectivity index (χ0) is 34.2. The first-order valence-electron chi connectivity index (χ1n) is 16.9. The van der Waals surface area contributed by atoms with E-state index in [1.165, 1.54) is 38.0 Å². The molecule has 1 aliphatic carbocycles. The Bertz CT molecular complexity index is 1160. The Labute approximate surface area is 283 Å². The molecule has 0 bridgehead atoms. The molecule has 7 nitrogen and oxygen atoms in total. The van der Waals surface area contributed by atoms with Gasteiger partial charge in [0.2, 0.25) is 0 Å². The van der Waals surface area contributed by atoms with E-state index >= 15 is 0 Å². The Morgan fingerprint density at radius 2 is 2.00 bits per heavy atom. The van der Waals surface area contributed by atoms with Crippen molar-refractivity contribution in [2.24, 2.45) is 27.7 Å². The van der Waals surface area contributed by atoms with Crippen LogP contribution in [0.1, 0.15) is 72.1 Å². The monoisotopic (exact) mass is 659 g/mol. The molecule has 258 valence electrons. The lowest BCUT2D eigenvalue weighted by molar-refractivity contribution is 0.0761. The Morgan fingerprint density at radius 3 is 2.54 bits per heavy atom. The number of aliphatic hydroxyl groups excluding tert-OH is 1. The van der Waals surface area contributed by atoms with Crippen molar-refractivity contribution in [3.8, 4) is 0 Å². The van der Waals surface area contributed by atoms with Crippen LogP contribution in [0.3, 0.4) is 0 Å². The minimum absolute atomic E-state index is 0.0143. The first kappa shape index (κ1) is 39.5. The first-order chi connectivity index (χ1) is 21.9. The van der Waals surface area contributed by atoms with E-state index in [0.29, 0.717) is 12.5 Å². The number of allylic oxidation sites excluding steroid dienone is 5. The van der Waals surface area contributed by atoms with Gasteiger partial charge in [0.05, 0.1) is 24.9 Å². The predicted octanol–water partition coefficient (Wildman–Crippen LogP) is 8.35. The molecule has 0 saturated heterocycles. The average Bonchev–Trinajstić information content (AvgIpc) is 3.33. The Hall–Kier alpha value is -2.68. The summed E-state index contributed by atoms with van der Waals surface area (Å²) < 4.78 is 19.1. The van der Waals surface area contributed by atoms with Crippen LogP contribution in [0.4, 0.5) is 4.39 Å². The Morgan fingerprint density at radius 1 is 1.26 bits per heavy atom. The summed E-state index contributed by atoms with van der Waals surface area (Å²) in [5, 5.41) is 14.0. The predicted molar refractivity (Wildman–Crippen MR) is 194 cm³/mol. The van der Waals surface area contributed by atoms with Gasteiger partial charge < -0.3 is 20.1 Å². The van der Waals surface area contributed by atoms with Crippen molar-refractivity contribution >= 4 is 23.1 Å². The van der Waals surface area contributed by atoms with Crippen LogP contribution in [0.15, 0.2) is 82.5 Å². The summed E-state index contributed by atoms with van der Waals surface area (Å²) in [6.07, 6.45) is 17.7. The van der Waals surface area contributed by atoms with Crippen molar-refractivity contribution in [1.29, 1.82) is 0 Å². The van der Waals surface area contributed by atoms with Gasteiger partial charge in [-0.1, -0.05) is 77.4 Å². The van der Waals surface area contributed by atoms with E-state index < -0.39 is 5.83 Å². The highest BCUT2D eigenvalue weighted by molar-refractivity contribution is 6.30. The normalized spacial score (nSPS) is 23.6. The maximum atomic E-state index is 13.6.